The van der Waals surface area contributed by atoms with Crippen molar-refractivity contribution in [3.63, 3.8) is 0 Å². The molecule has 0 aliphatic carbocycles. The van der Waals surface area contributed by atoms with Gasteiger partial charge in [0.2, 0.25) is 0 Å². The Morgan fingerprint density at radius 2 is 1.95 bits per heavy atom. The number of rotatable bonds is 5. The van der Waals surface area contributed by atoms with Gasteiger partial charge in [0.1, 0.15) is 6.61 Å². The summed E-state index contributed by atoms with van der Waals surface area (Å²) in [4.78, 5) is 12.2. The van der Waals surface area contributed by atoms with Gasteiger partial charge in [-0.1, -0.05) is 12.1 Å². The third kappa shape index (κ3) is 9.03. The molecular weight excluding hydrogens is 256 g/mol. The minimum absolute atomic E-state index is 0.0682. The lowest BCUT2D eigenvalue weighted by atomic mass is 10.3. The second-order valence-corrected chi connectivity index (χ2v) is 3.04. The van der Waals surface area contributed by atoms with Crippen LogP contribution in [0.15, 0.2) is 29.3 Å². The number of aliphatic imine (C=N–C) groups is 1. The number of hydrogen-bond donors (Lipinski definition) is 3. The van der Waals surface area contributed by atoms with Gasteiger partial charge in [-0.3, -0.25) is 4.99 Å². The standard InChI is InChI=1S/C10H15N3O2.HNO3/c1-14-8-4-2-3-5-9(8)15-7-6-13-10(11)12;2-1(3)4/h2-5H,6-7H2,1H3,(H4,11,12,13);(H,2,3,4). The molecule has 5 N–H and O–H groups in total. The summed E-state index contributed by atoms with van der Waals surface area (Å²) in [5, 5.41) is 13.6. The first kappa shape index (κ1) is 16.3. The van der Waals surface area contributed by atoms with Crippen LogP contribution in [0.1, 0.15) is 0 Å². The average Bonchev–Trinajstić information content (AvgIpc) is 2.34. The van der Waals surface area contributed by atoms with E-state index in [1.54, 1.807) is 7.11 Å². The van der Waals surface area contributed by atoms with E-state index in [0.717, 1.165) is 0 Å². The predicted octanol–water partition coefficient (Wildman–Crippen LogP) is -0.000300. The van der Waals surface area contributed by atoms with Crippen LogP contribution in [0.4, 0.5) is 0 Å². The smallest absolute Gasteiger partial charge is 0.291 e. The van der Waals surface area contributed by atoms with E-state index in [4.69, 9.17) is 36.3 Å². The minimum Gasteiger partial charge on any atom is -0.493 e. The molecule has 1 aromatic carbocycles. The van der Waals surface area contributed by atoms with Gasteiger partial charge in [-0.15, -0.1) is 10.1 Å². The van der Waals surface area contributed by atoms with E-state index < -0.39 is 5.09 Å². The van der Waals surface area contributed by atoms with Crippen molar-refractivity contribution in [3.8, 4) is 11.5 Å². The van der Waals surface area contributed by atoms with E-state index in [9.17, 15) is 0 Å². The minimum atomic E-state index is -1.50. The van der Waals surface area contributed by atoms with Crippen LogP contribution in [0.5, 0.6) is 11.5 Å². The van der Waals surface area contributed by atoms with Gasteiger partial charge in [-0.2, -0.15) is 0 Å². The van der Waals surface area contributed by atoms with Crippen molar-refractivity contribution in [1.82, 2.24) is 0 Å². The molecule has 0 aromatic heterocycles. The van der Waals surface area contributed by atoms with Gasteiger partial charge < -0.3 is 26.1 Å². The van der Waals surface area contributed by atoms with Crippen LogP contribution in [0.25, 0.3) is 0 Å². The lowest BCUT2D eigenvalue weighted by Gasteiger charge is -2.08. The lowest BCUT2D eigenvalue weighted by Crippen LogP contribution is -2.23. The lowest BCUT2D eigenvalue weighted by molar-refractivity contribution is -0.742. The van der Waals surface area contributed by atoms with E-state index in [0.29, 0.717) is 24.7 Å². The van der Waals surface area contributed by atoms with Crippen molar-refractivity contribution in [3.05, 3.63) is 34.4 Å². The van der Waals surface area contributed by atoms with Gasteiger partial charge in [-0.05, 0) is 12.1 Å². The molecule has 0 heterocycles. The highest BCUT2D eigenvalue weighted by Gasteiger charge is 2.00. The summed E-state index contributed by atoms with van der Waals surface area (Å²) < 4.78 is 10.5. The SMILES string of the molecule is COc1ccccc1OCCN=C(N)N.O=[N+]([O-])O. The topological polar surface area (TPSA) is 146 Å². The first-order chi connectivity index (χ1) is 8.97. The van der Waals surface area contributed by atoms with Crippen LogP contribution in [-0.4, -0.2) is 36.5 Å². The second-order valence-electron chi connectivity index (χ2n) is 3.04. The van der Waals surface area contributed by atoms with Crippen molar-refractivity contribution in [2.45, 2.75) is 0 Å². The zero-order valence-corrected chi connectivity index (χ0v) is 10.4. The number of methoxy groups -OCH3 is 1. The van der Waals surface area contributed by atoms with E-state index in [2.05, 4.69) is 4.99 Å². The maximum atomic E-state index is 8.36. The molecule has 0 bridgehead atoms. The molecule has 0 unspecified atom stereocenters. The van der Waals surface area contributed by atoms with Crippen LogP contribution in [0.2, 0.25) is 0 Å². The maximum absolute atomic E-state index is 8.36. The van der Waals surface area contributed by atoms with Crippen molar-refractivity contribution in [2.24, 2.45) is 16.5 Å². The number of hydrogen-bond acceptors (Lipinski definition) is 5. The summed E-state index contributed by atoms with van der Waals surface area (Å²) in [7, 11) is 1.60. The molecule has 0 saturated heterocycles. The van der Waals surface area contributed by atoms with Crippen LogP contribution in [0.3, 0.4) is 0 Å². The van der Waals surface area contributed by atoms with Gasteiger partial charge in [-0.25, -0.2) is 0 Å². The third-order valence-electron chi connectivity index (χ3n) is 1.71. The maximum Gasteiger partial charge on any atom is 0.291 e. The van der Waals surface area contributed by atoms with Crippen LogP contribution in [0, 0.1) is 10.1 Å². The highest BCUT2D eigenvalue weighted by atomic mass is 16.9. The second kappa shape index (κ2) is 9.33. The Hall–Kier alpha value is -2.71. The number of benzene rings is 1. The Morgan fingerprint density at radius 3 is 2.42 bits per heavy atom. The first-order valence-electron chi connectivity index (χ1n) is 5.11. The van der Waals surface area contributed by atoms with Crippen LogP contribution < -0.4 is 20.9 Å². The Kier molecular flexibility index (Phi) is 8.00. The zero-order chi connectivity index (χ0) is 14.7. The normalized spacial score (nSPS) is 8.68. The number of guanidine groups is 1. The molecule has 1 rings (SSSR count). The molecule has 9 heteroatoms. The average molecular weight is 272 g/mol. The fraction of sp³-hybridized carbons (Fsp3) is 0.300. The fourth-order valence-electron chi connectivity index (χ4n) is 1.07. The summed E-state index contributed by atoms with van der Waals surface area (Å²) in [5.74, 6) is 1.45. The molecule has 19 heavy (non-hydrogen) atoms. The molecule has 106 valence electrons. The highest BCUT2D eigenvalue weighted by molar-refractivity contribution is 5.75. The Balaban J connectivity index is 0.000000711. The number of ether oxygens (including phenoxy) is 2. The van der Waals surface area contributed by atoms with Gasteiger partial charge in [0.25, 0.3) is 5.09 Å². The summed E-state index contributed by atoms with van der Waals surface area (Å²) in [6.45, 7) is 0.846. The highest BCUT2D eigenvalue weighted by Crippen LogP contribution is 2.25. The van der Waals surface area contributed by atoms with Gasteiger partial charge in [0.05, 0.1) is 13.7 Å². The quantitative estimate of drug-likeness (QED) is 0.225. The van der Waals surface area contributed by atoms with Crippen LogP contribution in [-0.2, 0) is 0 Å². The Morgan fingerprint density at radius 1 is 1.42 bits per heavy atom. The summed E-state index contributed by atoms with van der Waals surface area (Å²) in [6.07, 6.45) is 0. The summed E-state index contributed by atoms with van der Waals surface area (Å²) >= 11 is 0. The summed E-state index contributed by atoms with van der Waals surface area (Å²) in [6, 6.07) is 7.41. The van der Waals surface area contributed by atoms with Crippen molar-refractivity contribution in [2.75, 3.05) is 20.3 Å². The van der Waals surface area contributed by atoms with Crippen molar-refractivity contribution in [1.29, 1.82) is 0 Å². The zero-order valence-electron chi connectivity index (χ0n) is 10.4. The molecular formula is C10H16N4O5. The van der Waals surface area contributed by atoms with E-state index in [-0.39, 0.29) is 5.96 Å². The number of nitrogens with two attached hydrogens (primary N) is 2. The molecule has 0 aliphatic heterocycles. The van der Waals surface area contributed by atoms with E-state index >= 15 is 0 Å². The molecule has 0 aliphatic rings. The number of para-hydroxylation sites is 2. The molecule has 0 amide bonds. The third-order valence-corrected chi connectivity index (χ3v) is 1.71. The summed E-state index contributed by atoms with van der Waals surface area (Å²) in [5.41, 5.74) is 10.4. The molecule has 0 spiro atoms. The van der Waals surface area contributed by atoms with Gasteiger partial charge in [0, 0.05) is 0 Å². The predicted molar refractivity (Wildman–Crippen MR) is 67.9 cm³/mol. The fourth-order valence-corrected chi connectivity index (χ4v) is 1.07. The van der Waals surface area contributed by atoms with Gasteiger partial charge in [0.15, 0.2) is 17.5 Å². The van der Waals surface area contributed by atoms with Gasteiger partial charge >= 0.3 is 0 Å². The molecule has 1 aromatic rings. The van der Waals surface area contributed by atoms with Crippen LogP contribution >= 0.6 is 0 Å². The molecule has 0 saturated carbocycles. The largest absolute Gasteiger partial charge is 0.493 e. The molecule has 0 radical (unpaired) electrons. The molecule has 9 nitrogen and oxygen atoms in total. The van der Waals surface area contributed by atoms with E-state index in [1.807, 2.05) is 24.3 Å². The molecule has 0 fully saturated rings. The van der Waals surface area contributed by atoms with Crippen molar-refractivity contribution < 1.29 is 19.8 Å². The Labute approximate surface area is 109 Å². The van der Waals surface area contributed by atoms with E-state index in [1.165, 1.54) is 0 Å². The molecule has 0 atom stereocenters. The Bertz CT molecular complexity index is 416. The monoisotopic (exact) mass is 272 g/mol. The first-order valence-corrected chi connectivity index (χ1v) is 5.11. The number of nitrogens with zero attached hydrogens (tertiary/aromatic N) is 2. The van der Waals surface area contributed by atoms with Crippen molar-refractivity contribution >= 4 is 5.96 Å².